The SMILES string of the molecule is CCc1nc(NC)c(C)c(NC2CCCCC2(C)C)n1. The van der Waals surface area contributed by atoms with Crippen LogP contribution in [0.5, 0.6) is 0 Å². The molecule has 2 rings (SSSR count). The number of aromatic nitrogens is 2. The van der Waals surface area contributed by atoms with Crippen molar-refractivity contribution in [2.45, 2.75) is 65.8 Å². The molecule has 1 aromatic heterocycles. The van der Waals surface area contributed by atoms with Gasteiger partial charge < -0.3 is 10.6 Å². The average Bonchev–Trinajstić information content (AvgIpc) is 2.43. The lowest BCUT2D eigenvalue weighted by atomic mass is 9.73. The van der Waals surface area contributed by atoms with E-state index in [1.54, 1.807) is 0 Å². The first-order chi connectivity index (χ1) is 9.47. The molecule has 0 saturated heterocycles. The van der Waals surface area contributed by atoms with Gasteiger partial charge >= 0.3 is 0 Å². The number of anilines is 2. The summed E-state index contributed by atoms with van der Waals surface area (Å²) in [6, 6.07) is 0.499. The van der Waals surface area contributed by atoms with E-state index in [2.05, 4.69) is 43.3 Å². The van der Waals surface area contributed by atoms with E-state index in [0.717, 1.165) is 29.4 Å². The van der Waals surface area contributed by atoms with E-state index in [-0.39, 0.29) is 0 Å². The zero-order valence-corrected chi connectivity index (χ0v) is 13.5. The molecule has 0 spiro atoms. The van der Waals surface area contributed by atoms with E-state index in [1.807, 2.05) is 7.05 Å². The molecule has 1 aromatic rings. The van der Waals surface area contributed by atoms with Crippen LogP contribution < -0.4 is 10.6 Å². The third-order valence-electron chi connectivity index (χ3n) is 4.56. The molecule has 1 heterocycles. The van der Waals surface area contributed by atoms with E-state index < -0.39 is 0 Å². The van der Waals surface area contributed by atoms with Crippen LogP contribution >= 0.6 is 0 Å². The molecule has 1 aliphatic rings. The van der Waals surface area contributed by atoms with Crippen molar-refractivity contribution in [3.8, 4) is 0 Å². The van der Waals surface area contributed by atoms with E-state index in [9.17, 15) is 0 Å². The van der Waals surface area contributed by atoms with Crippen molar-refractivity contribution < 1.29 is 0 Å². The maximum absolute atomic E-state index is 4.70. The fraction of sp³-hybridized carbons (Fsp3) is 0.750. The summed E-state index contributed by atoms with van der Waals surface area (Å²) in [7, 11) is 1.92. The molecule has 1 aliphatic carbocycles. The van der Waals surface area contributed by atoms with Gasteiger partial charge in [0.1, 0.15) is 17.5 Å². The van der Waals surface area contributed by atoms with Gasteiger partial charge in [0.05, 0.1) is 0 Å². The van der Waals surface area contributed by atoms with Gasteiger partial charge in [0.25, 0.3) is 0 Å². The molecule has 0 aliphatic heterocycles. The molecule has 4 heteroatoms. The Morgan fingerprint density at radius 1 is 1.20 bits per heavy atom. The van der Waals surface area contributed by atoms with Gasteiger partial charge in [-0.05, 0) is 25.2 Å². The number of nitrogens with zero attached hydrogens (tertiary/aromatic N) is 2. The molecule has 1 fully saturated rings. The van der Waals surface area contributed by atoms with Gasteiger partial charge in [0.2, 0.25) is 0 Å². The van der Waals surface area contributed by atoms with Crippen LogP contribution in [0.25, 0.3) is 0 Å². The second-order valence-electron chi connectivity index (χ2n) is 6.50. The summed E-state index contributed by atoms with van der Waals surface area (Å²) in [4.78, 5) is 9.23. The molecule has 0 radical (unpaired) electrons. The number of rotatable bonds is 4. The summed E-state index contributed by atoms with van der Waals surface area (Å²) in [5, 5.41) is 6.87. The summed E-state index contributed by atoms with van der Waals surface area (Å²) in [6.45, 7) is 8.90. The zero-order valence-electron chi connectivity index (χ0n) is 13.5. The maximum Gasteiger partial charge on any atom is 0.135 e. The van der Waals surface area contributed by atoms with Crippen LogP contribution in [-0.4, -0.2) is 23.1 Å². The molecule has 2 N–H and O–H groups in total. The van der Waals surface area contributed by atoms with Gasteiger partial charge in [-0.3, -0.25) is 0 Å². The molecule has 1 unspecified atom stereocenters. The summed E-state index contributed by atoms with van der Waals surface area (Å²) in [5.41, 5.74) is 1.45. The Hall–Kier alpha value is -1.32. The predicted octanol–water partition coefficient (Wildman–Crippen LogP) is 3.77. The highest BCUT2D eigenvalue weighted by atomic mass is 15.1. The van der Waals surface area contributed by atoms with Gasteiger partial charge in [-0.2, -0.15) is 0 Å². The highest BCUT2D eigenvalue weighted by Crippen LogP contribution is 2.37. The first kappa shape index (κ1) is 15.1. The largest absolute Gasteiger partial charge is 0.373 e. The second-order valence-corrected chi connectivity index (χ2v) is 6.50. The molecule has 0 aromatic carbocycles. The molecular weight excluding hydrogens is 248 g/mol. The van der Waals surface area contributed by atoms with Crippen LogP contribution in [0.2, 0.25) is 0 Å². The van der Waals surface area contributed by atoms with Gasteiger partial charge in [0.15, 0.2) is 0 Å². The van der Waals surface area contributed by atoms with Crippen LogP contribution in [0.4, 0.5) is 11.6 Å². The van der Waals surface area contributed by atoms with Crippen molar-refractivity contribution in [1.82, 2.24) is 9.97 Å². The zero-order chi connectivity index (χ0) is 14.8. The number of aryl methyl sites for hydroxylation is 1. The smallest absolute Gasteiger partial charge is 0.135 e. The van der Waals surface area contributed by atoms with Crippen LogP contribution in [0.3, 0.4) is 0 Å². The molecule has 0 amide bonds. The number of nitrogens with one attached hydrogen (secondary N) is 2. The fourth-order valence-corrected chi connectivity index (χ4v) is 3.03. The first-order valence-corrected chi connectivity index (χ1v) is 7.79. The van der Waals surface area contributed by atoms with Crippen molar-refractivity contribution >= 4 is 11.6 Å². The monoisotopic (exact) mass is 276 g/mol. The lowest BCUT2D eigenvalue weighted by Gasteiger charge is -2.39. The minimum atomic E-state index is 0.335. The van der Waals surface area contributed by atoms with Crippen LogP contribution in [0.1, 0.15) is 57.8 Å². The van der Waals surface area contributed by atoms with Gasteiger partial charge in [0, 0.05) is 25.1 Å². The Morgan fingerprint density at radius 3 is 2.50 bits per heavy atom. The van der Waals surface area contributed by atoms with Crippen molar-refractivity contribution in [2.75, 3.05) is 17.7 Å². The molecule has 20 heavy (non-hydrogen) atoms. The minimum Gasteiger partial charge on any atom is -0.373 e. The average molecular weight is 276 g/mol. The second kappa shape index (κ2) is 5.98. The Balaban J connectivity index is 2.28. The molecule has 1 atom stereocenters. The Bertz CT molecular complexity index is 468. The molecule has 0 bridgehead atoms. The summed E-state index contributed by atoms with van der Waals surface area (Å²) >= 11 is 0. The van der Waals surface area contributed by atoms with Crippen molar-refractivity contribution in [3.63, 3.8) is 0 Å². The van der Waals surface area contributed by atoms with Crippen molar-refractivity contribution in [1.29, 1.82) is 0 Å². The highest BCUT2D eigenvalue weighted by Gasteiger charge is 2.32. The van der Waals surface area contributed by atoms with E-state index in [1.165, 1.54) is 25.7 Å². The van der Waals surface area contributed by atoms with Gasteiger partial charge in [-0.15, -0.1) is 0 Å². The first-order valence-electron chi connectivity index (χ1n) is 7.79. The normalized spacial score (nSPS) is 21.6. The van der Waals surface area contributed by atoms with Gasteiger partial charge in [-0.25, -0.2) is 9.97 Å². The summed E-state index contributed by atoms with van der Waals surface area (Å²) < 4.78 is 0. The number of hydrogen-bond donors (Lipinski definition) is 2. The summed E-state index contributed by atoms with van der Waals surface area (Å²) in [5.74, 6) is 2.84. The predicted molar refractivity (Wildman–Crippen MR) is 85.4 cm³/mol. The van der Waals surface area contributed by atoms with E-state index >= 15 is 0 Å². The van der Waals surface area contributed by atoms with Crippen molar-refractivity contribution in [2.24, 2.45) is 5.41 Å². The van der Waals surface area contributed by atoms with E-state index in [0.29, 0.717) is 11.5 Å². The molecule has 1 saturated carbocycles. The Kier molecular flexibility index (Phi) is 4.51. The molecule has 4 nitrogen and oxygen atoms in total. The quantitative estimate of drug-likeness (QED) is 0.879. The highest BCUT2D eigenvalue weighted by molar-refractivity contribution is 5.57. The lowest BCUT2D eigenvalue weighted by molar-refractivity contribution is 0.216. The van der Waals surface area contributed by atoms with Crippen LogP contribution in [0.15, 0.2) is 0 Å². The number of hydrogen-bond acceptors (Lipinski definition) is 4. The van der Waals surface area contributed by atoms with E-state index in [4.69, 9.17) is 4.98 Å². The summed E-state index contributed by atoms with van der Waals surface area (Å²) in [6.07, 6.45) is 6.03. The van der Waals surface area contributed by atoms with Gasteiger partial charge in [-0.1, -0.05) is 33.6 Å². The maximum atomic E-state index is 4.70. The third kappa shape index (κ3) is 3.05. The molecular formula is C16H28N4. The van der Waals surface area contributed by atoms with Crippen molar-refractivity contribution in [3.05, 3.63) is 11.4 Å². The topological polar surface area (TPSA) is 49.8 Å². The lowest BCUT2D eigenvalue weighted by Crippen LogP contribution is -2.39. The molecule has 112 valence electrons. The minimum absolute atomic E-state index is 0.335. The van der Waals surface area contributed by atoms with Crippen LogP contribution in [0, 0.1) is 12.3 Å². The standard InChI is InChI=1S/C16H28N4/c1-6-13-19-14(17-5)11(2)15(20-13)18-12-9-7-8-10-16(12,3)4/h12H,6-10H2,1-5H3,(H2,17,18,19,20). The Labute approximate surface area is 122 Å². The Morgan fingerprint density at radius 2 is 1.90 bits per heavy atom. The fourth-order valence-electron chi connectivity index (χ4n) is 3.03. The third-order valence-corrected chi connectivity index (χ3v) is 4.56. The van der Waals surface area contributed by atoms with Crippen LogP contribution in [-0.2, 0) is 6.42 Å².